The van der Waals surface area contributed by atoms with Crippen LogP contribution in [0.2, 0.25) is 0 Å². The van der Waals surface area contributed by atoms with Crippen LogP contribution < -0.4 is 5.32 Å². The molecule has 1 unspecified atom stereocenters. The van der Waals surface area contributed by atoms with Crippen LogP contribution in [0.3, 0.4) is 0 Å². The summed E-state index contributed by atoms with van der Waals surface area (Å²) in [5, 5.41) is 11.4. The lowest BCUT2D eigenvalue weighted by Crippen LogP contribution is -2.57. The lowest BCUT2D eigenvalue weighted by molar-refractivity contribution is -0.142. The van der Waals surface area contributed by atoms with Crippen LogP contribution in [-0.2, 0) is 9.59 Å². The summed E-state index contributed by atoms with van der Waals surface area (Å²) in [4.78, 5) is 36.3. The molecule has 1 aliphatic rings. The molecule has 1 aliphatic heterocycles. The molecule has 0 aromatic heterocycles. The van der Waals surface area contributed by atoms with E-state index in [4.69, 9.17) is 5.11 Å². The predicted molar refractivity (Wildman–Crippen MR) is 71.2 cm³/mol. The van der Waals surface area contributed by atoms with Gasteiger partial charge in [0.1, 0.15) is 11.9 Å². The summed E-state index contributed by atoms with van der Waals surface area (Å²) in [5.41, 5.74) is 0.710. The van der Waals surface area contributed by atoms with Gasteiger partial charge in [-0.3, -0.25) is 14.4 Å². The Balaban J connectivity index is 2.32. The van der Waals surface area contributed by atoms with Crippen LogP contribution in [0.5, 0.6) is 0 Å². The maximum atomic E-state index is 13.3. The van der Waals surface area contributed by atoms with Crippen LogP contribution >= 0.6 is 0 Å². The second-order valence-electron chi connectivity index (χ2n) is 4.86. The molecule has 1 aromatic rings. The van der Waals surface area contributed by atoms with Crippen molar-refractivity contribution in [3.05, 3.63) is 35.1 Å². The average Bonchev–Trinajstić information content (AvgIpc) is 2.42. The van der Waals surface area contributed by atoms with Crippen molar-refractivity contribution in [3.63, 3.8) is 0 Å². The van der Waals surface area contributed by atoms with Crippen molar-refractivity contribution in [2.24, 2.45) is 0 Å². The maximum Gasteiger partial charge on any atom is 0.305 e. The number of piperazine rings is 1. The zero-order chi connectivity index (χ0) is 15.6. The van der Waals surface area contributed by atoms with Crippen molar-refractivity contribution in [2.45, 2.75) is 19.4 Å². The molecule has 0 radical (unpaired) electrons. The highest BCUT2D eigenvalue weighted by Gasteiger charge is 2.35. The number of nitrogens with one attached hydrogen (secondary N) is 1. The molecule has 0 bridgehead atoms. The molecular weight excluding hydrogens is 279 g/mol. The number of nitrogens with zero attached hydrogens (tertiary/aromatic N) is 1. The zero-order valence-electron chi connectivity index (χ0n) is 11.4. The third-order valence-electron chi connectivity index (χ3n) is 3.39. The summed E-state index contributed by atoms with van der Waals surface area (Å²) in [6.07, 6.45) is -0.480. The fourth-order valence-corrected chi connectivity index (χ4v) is 2.31. The van der Waals surface area contributed by atoms with Crippen LogP contribution in [0.4, 0.5) is 4.39 Å². The van der Waals surface area contributed by atoms with Crippen molar-refractivity contribution in [1.82, 2.24) is 10.2 Å². The number of hydrogen-bond donors (Lipinski definition) is 2. The number of aryl methyl sites for hydroxylation is 1. The fraction of sp³-hybridized carbons (Fsp3) is 0.357. The number of carbonyl (C=O) groups is 3. The number of aliphatic carboxylic acids is 1. The monoisotopic (exact) mass is 294 g/mol. The van der Waals surface area contributed by atoms with Gasteiger partial charge in [0.15, 0.2) is 0 Å². The van der Waals surface area contributed by atoms with E-state index in [1.54, 1.807) is 6.92 Å². The molecule has 21 heavy (non-hydrogen) atoms. The molecule has 7 heteroatoms. The van der Waals surface area contributed by atoms with E-state index >= 15 is 0 Å². The molecule has 1 heterocycles. The number of carbonyl (C=O) groups excluding carboxylic acids is 2. The van der Waals surface area contributed by atoms with Gasteiger partial charge in [-0.2, -0.15) is 0 Å². The van der Waals surface area contributed by atoms with E-state index in [0.29, 0.717) is 5.56 Å². The second kappa shape index (κ2) is 5.90. The third-order valence-corrected chi connectivity index (χ3v) is 3.39. The standard InChI is InChI=1S/C14H15FN2O4/c1-8-2-3-9(15)6-10(8)14(21)17-5-4-16-13(20)11(17)7-12(18)19/h2-3,6,11H,4-5,7H2,1H3,(H,16,20)(H,18,19). The van der Waals surface area contributed by atoms with Crippen molar-refractivity contribution >= 4 is 17.8 Å². The Labute approximate surface area is 120 Å². The van der Waals surface area contributed by atoms with Crippen LogP contribution in [0, 0.1) is 12.7 Å². The van der Waals surface area contributed by atoms with Gasteiger partial charge in [0.25, 0.3) is 5.91 Å². The lowest BCUT2D eigenvalue weighted by atomic mass is 10.0. The van der Waals surface area contributed by atoms with Gasteiger partial charge in [-0.1, -0.05) is 6.07 Å². The van der Waals surface area contributed by atoms with E-state index in [1.165, 1.54) is 17.0 Å². The highest BCUT2D eigenvalue weighted by atomic mass is 19.1. The molecule has 6 nitrogen and oxygen atoms in total. The largest absolute Gasteiger partial charge is 0.481 e. The summed E-state index contributed by atoms with van der Waals surface area (Å²) in [6, 6.07) is 2.73. The number of benzene rings is 1. The molecule has 0 saturated carbocycles. The Morgan fingerprint density at radius 2 is 2.19 bits per heavy atom. The van der Waals surface area contributed by atoms with Crippen molar-refractivity contribution in [1.29, 1.82) is 0 Å². The Morgan fingerprint density at radius 3 is 2.86 bits per heavy atom. The SMILES string of the molecule is Cc1ccc(F)cc1C(=O)N1CCNC(=O)C1CC(=O)O. The zero-order valence-corrected chi connectivity index (χ0v) is 11.4. The number of carboxylic acid groups (broad SMARTS) is 1. The Hall–Kier alpha value is -2.44. The van der Waals surface area contributed by atoms with Crippen molar-refractivity contribution in [2.75, 3.05) is 13.1 Å². The number of amides is 2. The molecule has 2 N–H and O–H groups in total. The highest BCUT2D eigenvalue weighted by molar-refractivity contribution is 6.00. The summed E-state index contributed by atoms with van der Waals surface area (Å²) in [7, 11) is 0. The van der Waals surface area contributed by atoms with Crippen molar-refractivity contribution < 1.29 is 23.9 Å². The second-order valence-corrected chi connectivity index (χ2v) is 4.86. The summed E-state index contributed by atoms with van der Waals surface area (Å²) >= 11 is 0. The minimum absolute atomic E-state index is 0.139. The van der Waals surface area contributed by atoms with Gasteiger partial charge in [0.2, 0.25) is 5.91 Å². The van der Waals surface area contributed by atoms with Crippen molar-refractivity contribution in [3.8, 4) is 0 Å². The maximum absolute atomic E-state index is 13.3. The van der Waals surface area contributed by atoms with E-state index in [9.17, 15) is 18.8 Å². The van der Waals surface area contributed by atoms with Crippen LogP contribution in [0.25, 0.3) is 0 Å². The molecule has 1 atom stereocenters. The van der Waals surface area contributed by atoms with Gasteiger partial charge >= 0.3 is 5.97 Å². The lowest BCUT2D eigenvalue weighted by Gasteiger charge is -2.34. The normalized spacial score (nSPS) is 18.3. The first kappa shape index (κ1) is 15.0. The molecule has 0 spiro atoms. The first-order chi connectivity index (χ1) is 9.90. The number of carboxylic acids is 1. The number of hydrogen-bond acceptors (Lipinski definition) is 3. The van der Waals surface area contributed by atoms with Crippen LogP contribution in [0.15, 0.2) is 18.2 Å². The first-order valence-corrected chi connectivity index (χ1v) is 6.47. The number of rotatable bonds is 3. The van der Waals surface area contributed by atoms with E-state index in [2.05, 4.69) is 5.32 Å². The van der Waals surface area contributed by atoms with Gasteiger partial charge in [-0.05, 0) is 24.6 Å². The van der Waals surface area contributed by atoms with Gasteiger partial charge < -0.3 is 15.3 Å². The molecule has 0 aliphatic carbocycles. The molecule has 1 fully saturated rings. The molecule has 1 aromatic carbocycles. The van der Waals surface area contributed by atoms with Crippen LogP contribution in [0.1, 0.15) is 22.3 Å². The van der Waals surface area contributed by atoms with E-state index in [1.807, 2.05) is 0 Å². The summed E-state index contributed by atoms with van der Waals surface area (Å²) in [5.74, 6) is -2.77. The molecule has 2 amide bonds. The van der Waals surface area contributed by atoms with Gasteiger partial charge in [-0.25, -0.2) is 4.39 Å². The van der Waals surface area contributed by atoms with E-state index < -0.39 is 36.1 Å². The Bertz CT molecular complexity index is 603. The predicted octanol–water partition coefficient (Wildman–Crippen LogP) is 0.549. The van der Waals surface area contributed by atoms with Crippen LogP contribution in [-0.4, -0.2) is 46.9 Å². The topological polar surface area (TPSA) is 86.7 Å². The Kier molecular flexibility index (Phi) is 4.21. The van der Waals surface area contributed by atoms with Gasteiger partial charge in [0.05, 0.1) is 6.42 Å². The molecule has 112 valence electrons. The van der Waals surface area contributed by atoms with Gasteiger partial charge in [-0.15, -0.1) is 0 Å². The quantitative estimate of drug-likeness (QED) is 0.852. The smallest absolute Gasteiger partial charge is 0.305 e. The first-order valence-electron chi connectivity index (χ1n) is 6.47. The average molecular weight is 294 g/mol. The summed E-state index contributed by atoms with van der Waals surface area (Å²) < 4.78 is 13.3. The minimum atomic E-state index is -1.18. The molecular formula is C14H15FN2O4. The minimum Gasteiger partial charge on any atom is -0.481 e. The van der Waals surface area contributed by atoms with E-state index in [0.717, 1.165) is 6.07 Å². The summed E-state index contributed by atoms with van der Waals surface area (Å²) in [6.45, 7) is 2.09. The molecule has 1 saturated heterocycles. The van der Waals surface area contributed by atoms with E-state index in [-0.39, 0.29) is 18.7 Å². The Morgan fingerprint density at radius 1 is 1.48 bits per heavy atom. The van der Waals surface area contributed by atoms with Gasteiger partial charge in [0, 0.05) is 18.7 Å². The fourth-order valence-electron chi connectivity index (χ4n) is 2.31. The third kappa shape index (κ3) is 3.18. The highest BCUT2D eigenvalue weighted by Crippen LogP contribution is 2.17. The molecule has 2 rings (SSSR count). The number of halogens is 1.